The van der Waals surface area contributed by atoms with Gasteiger partial charge in [0.2, 0.25) is 5.72 Å². The molecule has 0 radical (unpaired) electrons. The van der Waals surface area contributed by atoms with E-state index in [2.05, 4.69) is 10.2 Å². The van der Waals surface area contributed by atoms with Crippen LogP contribution in [0.4, 0.5) is 10.1 Å². The monoisotopic (exact) mass is 566 g/mol. The van der Waals surface area contributed by atoms with Gasteiger partial charge in [-0.25, -0.2) is 4.39 Å². The van der Waals surface area contributed by atoms with E-state index in [1.807, 2.05) is 5.32 Å². The van der Waals surface area contributed by atoms with Crippen LogP contribution in [-0.4, -0.2) is 115 Å². The molecule has 3 aliphatic heterocycles. The summed E-state index contributed by atoms with van der Waals surface area (Å²) in [6, 6.07) is 8.92. The zero-order valence-electron chi connectivity index (χ0n) is 22.9. The van der Waals surface area contributed by atoms with E-state index < -0.39 is 52.4 Å². The summed E-state index contributed by atoms with van der Waals surface area (Å²) >= 11 is 0. The topological polar surface area (TPSA) is 172 Å². The Labute approximate surface area is 237 Å². The summed E-state index contributed by atoms with van der Waals surface area (Å²) in [5.74, 6) is -4.15. The average Bonchev–Trinajstić information content (AvgIpc) is 3.26. The average molecular weight is 566 g/mol. The van der Waals surface area contributed by atoms with Crippen LogP contribution >= 0.6 is 0 Å². The van der Waals surface area contributed by atoms with Crippen molar-refractivity contribution in [1.82, 2.24) is 15.1 Å². The Morgan fingerprint density at radius 3 is 2.44 bits per heavy atom. The van der Waals surface area contributed by atoms with Crippen LogP contribution in [0.5, 0.6) is 0 Å². The Morgan fingerprint density at radius 2 is 1.76 bits per heavy atom. The molecule has 12 nitrogen and oxygen atoms in total. The Hall–Kier alpha value is -3.27. The van der Waals surface area contributed by atoms with Gasteiger partial charge in [0.05, 0.1) is 19.8 Å². The minimum absolute atomic E-state index is 0.0286. The molecule has 4 unspecified atom stereocenters. The van der Waals surface area contributed by atoms with Crippen LogP contribution in [0.1, 0.15) is 27.0 Å². The third kappa shape index (κ3) is 4.55. The number of imide groups is 1. The van der Waals surface area contributed by atoms with Crippen LogP contribution in [0.3, 0.4) is 0 Å². The van der Waals surface area contributed by atoms with Gasteiger partial charge < -0.3 is 30.5 Å². The third-order valence-corrected chi connectivity index (χ3v) is 8.41. The first kappa shape index (κ1) is 29.2. The molecule has 0 aromatic heterocycles. The van der Waals surface area contributed by atoms with Crippen LogP contribution < -0.4 is 10.6 Å². The highest BCUT2D eigenvalue weighted by atomic mass is 19.1. The SMILES string of the molecule is BC(O)(Nc1cccc2c1CN(C1(O)C(=O)NC(=O)C(B)(O)C1(B)O)C2=O)c1cc(CN2CCOCC2)ccc1F. The number of morpholine rings is 1. The molecule has 2 fully saturated rings. The smallest absolute Gasteiger partial charge is 0.282 e. The van der Waals surface area contributed by atoms with Gasteiger partial charge >= 0.3 is 0 Å². The summed E-state index contributed by atoms with van der Waals surface area (Å²) in [5.41, 5.74) is -9.25. The van der Waals surface area contributed by atoms with Crippen LogP contribution in [-0.2, 0) is 33.0 Å². The van der Waals surface area contributed by atoms with E-state index in [9.17, 15) is 34.8 Å². The summed E-state index contributed by atoms with van der Waals surface area (Å²) in [4.78, 5) is 41.3. The maximum atomic E-state index is 15.0. The number of amides is 3. The number of halogens is 1. The molecule has 2 aromatic rings. The van der Waals surface area contributed by atoms with Crippen LogP contribution in [0.15, 0.2) is 36.4 Å². The van der Waals surface area contributed by atoms with Crippen molar-refractivity contribution >= 4 is 46.9 Å². The quantitative estimate of drug-likeness (QED) is 0.114. The number of aliphatic hydroxyl groups is 4. The predicted molar refractivity (Wildman–Crippen MR) is 150 cm³/mol. The van der Waals surface area contributed by atoms with Gasteiger partial charge in [-0.3, -0.25) is 29.5 Å². The zero-order valence-corrected chi connectivity index (χ0v) is 22.9. The molecule has 0 aliphatic carbocycles. The summed E-state index contributed by atoms with van der Waals surface area (Å²) in [6.07, 6.45) is 0. The van der Waals surface area contributed by atoms with Crippen molar-refractivity contribution in [1.29, 1.82) is 0 Å². The number of anilines is 1. The van der Waals surface area contributed by atoms with Crippen molar-refractivity contribution in [3.05, 3.63) is 64.5 Å². The lowest BCUT2D eigenvalue weighted by atomic mass is 9.51. The first-order valence-electron chi connectivity index (χ1n) is 13.2. The van der Waals surface area contributed by atoms with E-state index in [0.29, 0.717) is 24.7 Å². The fraction of sp³-hybridized carbons (Fsp3) is 0.400. The molecule has 4 atom stereocenters. The van der Waals surface area contributed by atoms with E-state index in [1.54, 1.807) is 12.1 Å². The second-order valence-corrected chi connectivity index (χ2v) is 11.2. The summed E-state index contributed by atoms with van der Waals surface area (Å²) < 4.78 is 20.4. The molecule has 6 N–H and O–H groups in total. The van der Waals surface area contributed by atoms with E-state index in [-0.39, 0.29) is 22.4 Å². The van der Waals surface area contributed by atoms with Crippen LogP contribution in [0.25, 0.3) is 0 Å². The molecule has 16 heteroatoms. The van der Waals surface area contributed by atoms with Crippen molar-refractivity contribution < 1.29 is 43.9 Å². The number of fused-ring (bicyclic) bond motifs is 1. The summed E-state index contributed by atoms with van der Waals surface area (Å²) in [6.45, 7) is 2.73. The standard InChI is InChI=1S/C25H30B3FN4O8/c26-22(37)20(35)30-21(36)23(38,25(22,28)40)33-12-15-14(19(33)34)2-1-3-18(15)31-24(27,39)16-10-13(4-5-17(16)29)11-32-6-8-41-9-7-32/h1-5,10,31,37-40H,6-9,11-12,26-28H2,(H,30,35,36). The second kappa shape index (κ2) is 9.93. The fourth-order valence-corrected chi connectivity index (χ4v) is 5.58. The molecule has 0 spiro atoms. The van der Waals surface area contributed by atoms with Gasteiger partial charge in [0, 0.05) is 42.0 Å². The molecule has 3 amide bonds. The molecule has 214 valence electrons. The molecule has 0 saturated carbocycles. The molecular formula is C25H30B3FN4O8. The first-order chi connectivity index (χ1) is 19.1. The fourth-order valence-electron chi connectivity index (χ4n) is 5.58. The van der Waals surface area contributed by atoms with Gasteiger partial charge in [-0.05, 0) is 29.8 Å². The minimum atomic E-state index is -3.04. The Bertz CT molecular complexity index is 1440. The Kier molecular flexibility index (Phi) is 7.08. The molecule has 3 aliphatic rings. The van der Waals surface area contributed by atoms with Gasteiger partial charge in [0.25, 0.3) is 17.7 Å². The number of carbonyl (C=O) groups excluding carboxylic acids is 3. The normalized spacial score (nSPS) is 30.1. The number of hydrogen-bond donors (Lipinski definition) is 6. The van der Waals surface area contributed by atoms with Crippen molar-refractivity contribution in [2.24, 2.45) is 0 Å². The number of ether oxygens (including phenoxy) is 1. The number of carbonyl (C=O) groups is 3. The number of rotatable bonds is 6. The van der Waals surface area contributed by atoms with Gasteiger partial charge in [-0.1, -0.05) is 12.1 Å². The van der Waals surface area contributed by atoms with E-state index >= 15 is 4.39 Å². The number of benzene rings is 2. The van der Waals surface area contributed by atoms with Crippen LogP contribution in [0, 0.1) is 5.82 Å². The molecule has 3 heterocycles. The van der Waals surface area contributed by atoms with Gasteiger partial charge in [0.1, 0.15) is 22.4 Å². The van der Waals surface area contributed by atoms with Crippen molar-refractivity contribution in [3.8, 4) is 0 Å². The van der Waals surface area contributed by atoms with E-state index in [0.717, 1.165) is 34.3 Å². The third-order valence-electron chi connectivity index (χ3n) is 8.41. The van der Waals surface area contributed by atoms with E-state index in [4.69, 9.17) is 4.74 Å². The van der Waals surface area contributed by atoms with Gasteiger partial charge in [-0.2, -0.15) is 0 Å². The molecular weight excluding hydrogens is 536 g/mol. The highest BCUT2D eigenvalue weighted by Gasteiger charge is 2.71. The predicted octanol–water partition coefficient (Wildman–Crippen LogP) is -4.55. The second-order valence-electron chi connectivity index (χ2n) is 11.2. The molecule has 2 aromatic carbocycles. The van der Waals surface area contributed by atoms with Crippen LogP contribution in [0.2, 0.25) is 0 Å². The summed E-state index contributed by atoms with van der Waals surface area (Å²) in [5, 5.41) is 49.4. The maximum Gasteiger partial charge on any atom is 0.282 e. The Morgan fingerprint density at radius 1 is 1.07 bits per heavy atom. The molecule has 0 bridgehead atoms. The lowest BCUT2D eigenvalue weighted by Crippen LogP contribution is -2.86. The van der Waals surface area contributed by atoms with E-state index in [1.165, 1.54) is 32.1 Å². The number of nitrogens with zero attached hydrogens (tertiary/aromatic N) is 2. The Balaban J connectivity index is 1.45. The first-order valence-corrected chi connectivity index (χ1v) is 13.2. The molecule has 2 saturated heterocycles. The highest BCUT2D eigenvalue weighted by molar-refractivity contribution is 6.39. The molecule has 41 heavy (non-hydrogen) atoms. The van der Waals surface area contributed by atoms with Gasteiger partial charge in [-0.15, -0.1) is 0 Å². The van der Waals surface area contributed by atoms with Crippen molar-refractivity contribution in [2.45, 2.75) is 35.4 Å². The maximum absolute atomic E-state index is 15.0. The summed E-state index contributed by atoms with van der Waals surface area (Å²) in [7, 11) is 3.16. The zero-order chi connectivity index (χ0) is 30.0. The largest absolute Gasteiger partial charge is 0.391 e. The minimum Gasteiger partial charge on any atom is -0.391 e. The number of nitrogens with one attached hydrogen (secondary N) is 2. The van der Waals surface area contributed by atoms with Crippen molar-refractivity contribution in [3.63, 3.8) is 0 Å². The lowest BCUT2D eigenvalue weighted by Gasteiger charge is -2.53. The number of hydrogen-bond acceptors (Lipinski definition) is 10. The molecule has 5 rings (SSSR count). The highest BCUT2D eigenvalue weighted by Crippen LogP contribution is 2.42. The lowest BCUT2D eigenvalue weighted by molar-refractivity contribution is -0.232. The number of piperidine rings is 1. The van der Waals surface area contributed by atoms with Gasteiger partial charge in [0.15, 0.2) is 23.5 Å². The van der Waals surface area contributed by atoms with Crippen molar-refractivity contribution in [2.75, 3.05) is 31.6 Å².